The van der Waals surface area contributed by atoms with Crippen LogP contribution in [0.15, 0.2) is 0 Å². The van der Waals surface area contributed by atoms with Gasteiger partial charge >= 0.3 is 5.97 Å². The average molecular weight is 377 g/mol. The van der Waals surface area contributed by atoms with Gasteiger partial charge in [-0.05, 0) is 111 Å². The van der Waals surface area contributed by atoms with Gasteiger partial charge < -0.3 is 10.2 Å². The molecule has 0 bridgehead atoms. The van der Waals surface area contributed by atoms with Crippen molar-refractivity contribution < 1.29 is 15.0 Å². The number of rotatable bonds is 4. The first-order valence-corrected chi connectivity index (χ1v) is 11.7. The quantitative estimate of drug-likeness (QED) is 0.680. The van der Waals surface area contributed by atoms with E-state index in [1.165, 1.54) is 44.9 Å². The molecule has 4 aliphatic carbocycles. The predicted molar refractivity (Wildman–Crippen MR) is 107 cm³/mol. The van der Waals surface area contributed by atoms with Gasteiger partial charge in [0, 0.05) is 6.42 Å². The molecule has 0 aromatic rings. The third-order valence-electron chi connectivity index (χ3n) is 10.2. The summed E-state index contributed by atoms with van der Waals surface area (Å²) in [5, 5.41) is 19.3. The number of fused-ring (bicyclic) bond motifs is 5. The Bertz CT molecular complexity index is 574. The summed E-state index contributed by atoms with van der Waals surface area (Å²) in [5.41, 5.74) is 0.882. The molecule has 9 atom stereocenters. The molecule has 3 nitrogen and oxygen atoms in total. The van der Waals surface area contributed by atoms with Crippen molar-refractivity contribution >= 4 is 5.97 Å². The number of aliphatic hydroxyl groups excluding tert-OH is 1. The molecule has 0 radical (unpaired) electrons. The van der Waals surface area contributed by atoms with E-state index in [0.29, 0.717) is 29.1 Å². The summed E-state index contributed by atoms with van der Waals surface area (Å²) in [6.45, 7) is 7.43. The molecule has 0 aromatic carbocycles. The van der Waals surface area contributed by atoms with E-state index < -0.39 is 5.97 Å². The van der Waals surface area contributed by atoms with Gasteiger partial charge in [0.15, 0.2) is 0 Å². The Balaban J connectivity index is 1.51. The van der Waals surface area contributed by atoms with Gasteiger partial charge in [-0.3, -0.25) is 4.79 Å². The van der Waals surface area contributed by atoms with Crippen molar-refractivity contribution in [2.24, 2.45) is 46.3 Å². The van der Waals surface area contributed by atoms with Crippen molar-refractivity contribution in [2.45, 2.75) is 97.5 Å². The molecule has 0 heterocycles. The fourth-order valence-electron chi connectivity index (χ4n) is 8.76. The van der Waals surface area contributed by atoms with Gasteiger partial charge in [0.2, 0.25) is 0 Å². The van der Waals surface area contributed by atoms with Gasteiger partial charge in [0.05, 0.1) is 6.10 Å². The zero-order valence-electron chi connectivity index (χ0n) is 17.6. The zero-order valence-corrected chi connectivity index (χ0v) is 17.6. The third kappa shape index (κ3) is 3.16. The molecule has 4 rings (SSSR count). The largest absolute Gasteiger partial charge is 0.481 e. The van der Waals surface area contributed by atoms with E-state index in [0.717, 1.165) is 42.9 Å². The molecule has 0 amide bonds. The van der Waals surface area contributed by atoms with Crippen LogP contribution in [-0.2, 0) is 4.79 Å². The molecule has 7 unspecified atom stereocenters. The van der Waals surface area contributed by atoms with Gasteiger partial charge in [-0.25, -0.2) is 0 Å². The average Bonchev–Trinajstić information content (AvgIpc) is 2.97. The fourth-order valence-corrected chi connectivity index (χ4v) is 8.76. The molecule has 0 spiro atoms. The normalized spacial score (nSPS) is 50.4. The second-order valence-electron chi connectivity index (χ2n) is 11.2. The molecule has 154 valence electrons. The van der Waals surface area contributed by atoms with E-state index in [1.807, 2.05) is 0 Å². The van der Waals surface area contributed by atoms with E-state index in [1.54, 1.807) is 0 Å². The molecule has 4 aliphatic rings. The lowest BCUT2D eigenvalue weighted by Gasteiger charge is -2.61. The standard InChI is InChI=1S/C24H40O3/c1-15(4-9-22(26)27)19-7-8-20-18-6-5-16-14-17(25)10-12-23(16,2)21(18)11-13-24(19,20)3/h15-21,25H,4-14H2,1-3H3,(H,26,27)/t15-,16?,17?,18?,19?,20+,21?,23?,24?/m1/s1. The molecule has 0 aromatic heterocycles. The Morgan fingerprint density at radius 2 is 1.70 bits per heavy atom. The SMILES string of the molecule is C[C@H](CCC(=O)O)C1CC[C@H]2C3CCC4CC(O)CCC4(C)C3CCC12C. The molecule has 4 fully saturated rings. The smallest absolute Gasteiger partial charge is 0.303 e. The van der Waals surface area contributed by atoms with E-state index in [-0.39, 0.29) is 6.10 Å². The summed E-state index contributed by atoms with van der Waals surface area (Å²) in [5.74, 6) is 3.91. The third-order valence-corrected chi connectivity index (χ3v) is 10.2. The number of aliphatic hydroxyl groups is 1. The van der Waals surface area contributed by atoms with Crippen LogP contribution < -0.4 is 0 Å². The van der Waals surface area contributed by atoms with Crippen LogP contribution in [0.3, 0.4) is 0 Å². The maximum absolute atomic E-state index is 11.0. The van der Waals surface area contributed by atoms with Crippen molar-refractivity contribution in [3.05, 3.63) is 0 Å². The van der Waals surface area contributed by atoms with Gasteiger partial charge in [-0.1, -0.05) is 20.8 Å². The summed E-state index contributed by atoms with van der Waals surface area (Å²) in [4.78, 5) is 11.0. The Hall–Kier alpha value is -0.570. The summed E-state index contributed by atoms with van der Waals surface area (Å²) in [7, 11) is 0. The second-order valence-corrected chi connectivity index (χ2v) is 11.2. The highest BCUT2D eigenvalue weighted by molar-refractivity contribution is 5.66. The van der Waals surface area contributed by atoms with Crippen molar-refractivity contribution in [3.63, 3.8) is 0 Å². The van der Waals surface area contributed by atoms with Gasteiger partial charge in [0.1, 0.15) is 0 Å². The Morgan fingerprint density at radius 3 is 2.44 bits per heavy atom. The highest BCUT2D eigenvalue weighted by Gasteiger charge is 2.60. The zero-order chi connectivity index (χ0) is 19.4. The maximum Gasteiger partial charge on any atom is 0.303 e. The van der Waals surface area contributed by atoms with Crippen molar-refractivity contribution in [2.75, 3.05) is 0 Å². The van der Waals surface area contributed by atoms with Crippen LogP contribution >= 0.6 is 0 Å². The number of hydrogen-bond acceptors (Lipinski definition) is 2. The van der Waals surface area contributed by atoms with Crippen molar-refractivity contribution in [1.82, 2.24) is 0 Å². The van der Waals surface area contributed by atoms with Gasteiger partial charge in [0.25, 0.3) is 0 Å². The minimum Gasteiger partial charge on any atom is -0.481 e. The predicted octanol–water partition coefficient (Wildman–Crippen LogP) is 5.51. The highest BCUT2D eigenvalue weighted by Crippen LogP contribution is 2.68. The monoisotopic (exact) mass is 376 g/mol. The number of aliphatic carboxylic acids is 1. The molecule has 0 saturated heterocycles. The number of carboxylic acids is 1. The van der Waals surface area contributed by atoms with Crippen LogP contribution in [0.2, 0.25) is 0 Å². The van der Waals surface area contributed by atoms with Gasteiger partial charge in [-0.15, -0.1) is 0 Å². The first-order chi connectivity index (χ1) is 12.8. The van der Waals surface area contributed by atoms with Crippen molar-refractivity contribution in [3.8, 4) is 0 Å². The molecular formula is C24H40O3. The first-order valence-electron chi connectivity index (χ1n) is 11.7. The Morgan fingerprint density at radius 1 is 1.00 bits per heavy atom. The molecule has 2 N–H and O–H groups in total. The summed E-state index contributed by atoms with van der Waals surface area (Å²) in [6, 6.07) is 0. The number of carboxylic acid groups (broad SMARTS) is 1. The van der Waals surface area contributed by atoms with E-state index in [9.17, 15) is 9.90 Å². The summed E-state index contributed by atoms with van der Waals surface area (Å²) >= 11 is 0. The van der Waals surface area contributed by atoms with E-state index >= 15 is 0 Å². The lowest BCUT2D eigenvalue weighted by Crippen LogP contribution is -2.54. The topological polar surface area (TPSA) is 57.5 Å². The Kier molecular flexibility index (Phi) is 5.15. The molecular weight excluding hydrogens is 336 g/mol. The lowest BCUT2D eigenvalue weighted by atomic mass is 9.44. The first kappa shape index (κ1) is 19.7. The summed E-state index contributed by atoms with van der Waals surface area (Å²) < 4.78 is 0. The highest BCUT2D eigenvalue weighted by atomic mass is 16.4. The van der Waals surface area contributed by atoms with Crippen LogP contribution in [0.25, 0.3) is 0 Å². The number of hydrogen-bond donors (Lipinski definition) is 2. The molecule has 3 heteroatoms. The van der Waals surface area contributed by atoms with E-state index in [4.69, 9.17) is 5.11 Å². The lowest BCUT2D eigenvalue weighted by molar-refractivity contribution is -0.138. The maximum atomic E-state index is 11.0. The van der Waals surface area contributed by atoms with Gasteiger partial charge in [-0.2, -0.15) is 0 Å². The fraction of sp³-hybridized carbons (Fsp3) is 0.958. The van der Waals surface area contributed by atoms with E-state index in [2.05, 4.69) is 20.8 Å². The Labute approximate surface area is 165 Å². The van der Waals surface area contributed by atoms with Crippen LogP contribution in [-0.4, -0.2) is 22.3 Å². The number of carbonyl (C=O) groups is 1. The van der Waals surface area contributed by atoms with Crippen LogP contribution in [0, 0.1) is 46.3 Å². The molecule has 27 heavy (non-hydrogen) atoms. The second kappa shape index (κ2) is 7.04. The summed E-state index contributed by atoms with van der Waals surface area (Å²) in [6.07, 6.45) is 12.4. The minimum atomic E-state index is -0.643. The minimum absolute atomic E-state index is 0.0561. The van der Waals surface area contributed by atoms with Crippen molar-refractivity contribution in [1.29, 1.82) is 0 Å². The van der Waals surface area contributed by atoms with Crippen LogP contribution in [0.4, 0.5) is 0 Å². The molecule has 4 saturated carbocycles. The van der Waals surface area contributed by atoms with Crippen LogP contribution in [0.1, 0.15) is 91.4 Å². The van der Waals surface area contributed by atoms with Crippen LogP contribution in [0.5, 0.6) is 0 Å². The molecule has 0 aliphatic heterocycles.